The molecule has 1 saturated heterocycles. The zero-order valence-electron chi connectivity index (χ0n) is 13.5. The Morgan fingerprint density at radius 1 is 1.38 bits per heavy atom. The number of thiazole rings is 1. The monoisotopic (exact) mass is 347 g/mol. The molecule has 1 N–H and O–H groups in total. The van der Waals surface area contributed by atoms with Crippen LogP contribution in [-0.2, 0) is 24.1 Å². The SMILES string of the molecule is O=C(NCCc1nnc2n1CCCC2)c1csc(C2CCCO2)n1. The van der Waals surface area contributed by atoms with Crippen molar-refractivity contribution < 1.29 is 9.53 Å². The van der Waals surface area contributed by atoms with Gasteiger partial charge in [0.25, 0.3) is 5.91 Å². The van der Waals surface area contributed by atoms with Crippen molar-refractivity contribution in [2.24, 2.45) is 0 Å². The smallest absolute Gasteiger partial charge is 0.270 e. The van der Waals surface area contributed by atoms with Gasteiger partial charge in [0.1, 0.15) is 28.5 Å². The molecule has 128 valence electrons. The lowest BCUT2D eigenvalue weighted by Crippen LogP contribution is -2.27. The summed E-state index contributed by atoms with van der Waals surface area (Å²) in [5.74, 6) is 1.90. The molecule has 2 aliphatic rings. The molecule has 4 heterocycles. The number of amides is 1. The Balaban J connectivity index is 1.31. The standard InChI is InChI=1S/C16H21N5O2S/c22-15(11-10-24-16(18-11)12-4-3-9-23-12)17-7-6-14-20-19-13-5-1-2-8-21(13)14/h10,12H,1-9H2,(H,17,22). The maximum atomic E-state index is 12.2. The second-order valence-electron chi connectivity index (χ2n) is 6.22. The Bertz CT molecular complexity index is 720. The highest BCUT2D eigenvalue weighted by Gasteiger charge is 2.22. The van der Waals surface area contributed by atoms with Gasteiger partial charge in [-0.05, 0) is 25.7 Å². The molecule has 2 aromatic rings. The molecule has 4 rings (SSSR count). The molecule has 2 aromatic heterocycles. The highest BCUT2D eigenvalue weighted by molar-refractivity contribution is 7.09. The summed E-state index contributed by atoms with van der Waals surface area (Å²) in [5, 5.41) is 14.1. The number of aryl methyl sites for hydroxylation is 1. The molecule has 0 bridgehead atoms. The highest BCUT2D eigenvalue weighted by atomic mass is 32.1. The van der Waals surface area contributed by atoms with E-state index in [1.165, 1.54) is 24.2 Å². The summed E-state index contributed by atoms with van der Waals surface area (Å²) >= 11 is 1.50. The van der Waals surface area contributed by atoms with Crippen molar-refractivity contribution in [3.63, 3.8) is 0 Å². The molecule has 24 heavy (non-hydrogen) atoms. The van der Waals surface area contributed by atoms with Gasteiger partial charge >= 0.3 is 0 Å². The second-order valence-corrected chi connectivity index (χ2v) is 7.11. The van der Waals surface area contributed by atoms with Crippen molar-refractivity contribution in [3.8, 4) is 0 Å². The molecule has 8 heteroatoms. The Labute approximate surface area is 144 Å². The molecule has 1 fully saturated rings. The fourth-order valence-corrected chi connectivity index (χ4v) is 4.12. The number of fused-ring (bicyclic) bond motifs is 1. The number of carbonyl (C=O) groups is 1. The summed E-state index contributed by atoms with van der Waals surface area (Å²) < 4.78 is 7.80. The van der Waals surface area contributed by atoms with Crippen molar-refractivity contribution in [2.45, 2.75) is 51.2 Å². The van der Waals surface area contributed by atoms with Crippen LogP contribution in [0.1, 0.15) is 58.9 Å². The predicted molar refractivity (Wildman–Crippen MR) is 89.0 cm³/mol. The summed E-state index contributed by atoms with van der Waals surface area (Å²) in [6.07, 6.45) is 6.19. The van der Waals surface area contributed by atoms with Gasteiger partial charge in [0, 0.05) is 37.9 Å². The summed E-state index contributed by atoms with van der Waals surface area (Å²) in [6.45, 7) is 2.32. The molecule has 0 spiro atoms. The van der Waals surface area contributed by atoms with Gasteiger partial charge in [-0.15, -0.1) is 21.5 Å². The third-order valence-corrected chi connectivity index (χ3v) is 5.47. The van der Waals surface area contributed by atoms with Gasteiger partial charge in [-0.2, -0.15) is 0 Å². The van der Waals surface area contributed by atoms with Crippen LogP contribution in [-0.4, -0.2) is 38.8 Å². The zero-order valence-corrected chi connectivity index (χ0v) is 14.3. The number of carbonyl (C=O) groups excluding carboxylic acids is 1. The topological polar surface area (TPSA) is 81.9 Å². The van der Waals surface area contributed by atoms with Gasteiger partial charge in [0.05, 0.1) is 0 Å². The number of aromatic nitrogens is 4. The first-order chi connectivity index (χ1) is 11.8. The van der Waals surface area contributed by atoms with E-state index in [0.717, 1.165) is 49.1 Å². The number of rotatable bonds is 5. The summed E-state index contributed by atoms with van der Waals surface area (Å²) in [6, 6.07) is 0. The van der Waals surface area contributed by atoms with Gasteiger partial charge in [-0.1, -0.05) is 0 Å². The molecule has 7 nitrogen and oxygen atoms in total. The summed E-state index contributed by atoms with van der Waals surface area (Å²) in [4.78, 5) is 16.7. The number of nitrogens with one attached hydrogen (secondary N) is 1. The zero-order chi connectivity index (χ0) is 16.4. The lowest BCUT2D eigenvalue weighted by Gasteiger charge is -2.14. The van der Waals surface area contributed by atoms with Crippen LogP contribution >= 0.6 is 11.3 Å². The molecule has 2 aliphatic heterocycles. The Kier molecular flexibility index (Phi) is 4.57. The molecule has 1 amide bonds. The molecule has 1 atom stereocenters. The van der Waals surface area contributed by atoms with Crippen LogP contribution in [0.15, 0.2) is 5.38 Å². The summed E-state index contributed by atoms with van der Waals surface area (Å²) in [5.41, 5.74) is 0.480. The van der Waals surface area contributed by atoms with Crippen molar-refractivity contribution in [1.82, 2.24) is 25.1 Å². The van der Waals surface area contributed by atoms with Crippen LogP contribution in [0.3, 0.4) is 0 Å². The quantitative estimate of drug-likeness (QED) is 0.893. The van der Waals surface area contributed by atoms with Gasteiger partial charge in [-0.3, -0.25) is 4.79 Å². The van der Waals surface area contributed by atoms with Gasteiger partial charge < -0.3 is 14.6 Å². The van der Waals surface area contributed by atoms with E-state index in [-0.39, 0.29) is 12.0 Å². The lowest BCUT2D eigenvalue weighted by molar-refractivity contribution is 0.0946. The number of nitrogens with zero attached hydrogens (tertiary/aromatic N) is 4. The molecule has 0 saturated carbocycles. The Hall–Kier alpha value is -1.80. The van der Waals surface area contributed by atoms with Crippen LogP contribution < -0.4 is 5.32 Å². The van der Waals surface area contributed by atoms with Crippen LogP contribution in [0.4, 0.5) is 0 Å². The highest BCUT2D eigenvalue weighted by Crippen LogP contribution is 2.30. The molecule has 0 radical (unpaired) electrons. The summed E-state index contributed by atoms with van der Waals surface area (Å²) in [7, 11) is 0. The molecular weight excluding hydrogens is 326 g/mol. The van der Waals surface area contributed by atoms with Gasteiger partial charge in [0.15, 0.2) is 0 Å². The first-order valence-electron chi connectivity index (χ1n) is 8.57. The van der Waals surface area contributed by atoms with E-state index in [1.54, 1.807) is 0 Å². The number of ether oxygens (including phenoxy) is 1. The van der Waals surface area contributed by atoms with Crippen molar-refractivity contribution in [3.05, 3.63) is 27.7 Å². The van der Waals surface area contributed by atoms with E-state index < -0.39 is 0 Å². The normalized spacial score (nSPS) is 20.1. The van der Waals surface area contributed by atoms with Crippen LogP contribution in [0, 0.1) is 0 Å². The van der Waals surface area contributed by atoms with E-state index in [4.69, 9.17) is 4.74 Å². The van der Waals surface area contributed by atoms with E-state index in [0.29, 0.717) is 18.7 Å². The maximum Gasteiger partial charge on any atom is 0.270 e. The average molecular weight is 347 g/mol. The predicted octanol–water partition coefficient (Wildman–Crippen LogP) is 1.89. The maximum absolute atomic E-state index is 12.2. The molecule has 1 unspecified atom stereocenters. The van der Waals surface area contributed by atoms with E-state index in [9.17, 15) is 4.79 Å². The number of hydrogen-bond donors (Lipinski definition) is 1. The number of hydrogen-bond acceptors (Lipinski definition) is 6. The molecule has 0 aromatic carbocycles. The third kappa shape index (κ3) is 3.21. The van der Waals surface area contributed by atoms with Crippen molar-refractivity contribution >= 4 is 17.2 Å². The van der Waals surface area contributed by atoms with Gasteiger partial charge in [-0.25, -0.2) is 4.98 Å². The fraction of sp³-hybridized carbons (Fsp3) is 0.625. The first-order valence-corrected chi connectivity index (χ1v) is 9.45. The minimum Gasteiger partial charge on any atom is -0.371 e. The first kappa shape index (κ1) is 15.7. The van der Waals surface area contributed by atoms with Crippen LogP contribution in [0.2, 0.25) is 0 Å². The minimum atomic E-state index is -0.131. The van der Waals surface area contributed by atoms with Crippen molar-refractivity contribution in [1.29, 1.82) is 0 Å². The third-order valence-electron chi connectivity index (χ3n) is 4.53. The second kappa shape index (κ2) is 6.98. The average Bonchev–Trinajstić information content (AvgIpc) is 3.35. The van der Waals surface area contributed by atoms with Gasteiger partial charge in [0.2, 0.25) is 0 Å². The van der Waals surface area contributed by atoms with E-state index in [1.807, 2.05) is 5.38 Å². The van der Waals surface area contributed by atoms with Crippen molar-refractivity contribution in [2.75, 3.05) is 13.2 Å². The fourth-order valence-electron chi connectivity index (χ4n) is 3.24. The largest absolute Gasteiger partial charge is 0.371 e. The molecule has 0 aliphatic carbocycles. The molecular formula is C16H21N5O2S. The van der Waals surface area contributed by atoms with E-state index in [2.05, 4.69) is 25.1 Å². The Morgan fingerprint density at radius 3 is 3.21 bits per heavy atom. The minimum absolute atomic E-state index is 0.0686. The van der Waals surface area contributed by atoms with Crippen LogP contribution in [0.5, 0.6) is 0 Å². The lowest BCUT2D eigenvalue weighted by atomic mass is 10.1. The van der Waals surface area contributed by atoms with Crippen LogP contribution in [0.25, 0.3) is 0 Å². The van der Waals surface area contributed by atoms with E-state index >= 15 is 0 Å². The Morgan fingerprint density at radius 2 is 2.33 bits per heavy atom.